The van der Waals surface area contributed by atoms with Crippen LogP contribution >= 0.6 is 0 Å². The number of nitrogen functional groups attached to an aromatic ring is 1. The van der Waals surface area contributed by atoms with E-state index in [0.717, 1.165) is 24.5 Å². The van der Waals surface area contributed by atoms with Crippen LogP contribution in [0.2, 0.25) is 0 Å². The number of imidazole rings is 1. The average Bonchev–Trinajstić information content (AvgIpc) is 3.02. The third-order valence-corrected chi connectivity index (χ3v) is 4.11. The smallest absolute Gasteiger partial charge is 0.241 e. The van der Waals surface area contributed by atoms with E-state index in [1.54, 1.807) is 10.9 Å². The summed E-state index contributed by atoms with van der Waals surface area (Å²) in [5, 5.41) is 3.24. The molecule has 3 heterocycles. The molecule has 1 aliphatic rings. The van der Waals surface area contributed by atoms with Crippen molar-refractivity contribution in [2.45, 2.75) is 5.92 Å². The predicted molar refractivity (Wildman–Crippen MR) is 91.5 cm³/mol. The Bertz CT molecular complexity index is 840. The van der Waals surface area contributed by atoms with Gasteiger partial charge in [-0.15, -0.1) is 0 Å². The highest BCUT2D eigenvalue weighted by atomic mass is 15.3. The standard InChI is InChI=1S/C16H18N8/c1-23(12-5-3-2-4-6-12)15-20-14(17)21-16(22-15)24-9-13(19-10-24)11-7-18-8-11/h2-6,9-11,18H,7-8H2,1H3,(H2,17,20,21,22). The molecule has 0 saturated carbocycles. The van der Waals surface area contributed by atoms with E-state index in [1.807, 2.05) is 48.5 Å². The van der Waals surface area contributed by atoms with Crippen LogP contribution in [0.3, 0.4) is 0 Å². The monoisotopic (exact) mass is 322 g/mol. The molecule has 2 aromatic heterocycles. The van der Waals surface area contributed by atoms with Crippen molar-refractivity contribution in [1.82, 2.24) is 29.8 Å². The number of benzene rings is 1. The summed E-state index contributed by atoms with van der Waals surface area (Å²) in [4.78, 5) is 19.3. The van der Waals surface area contributed by atoms with Gasteiger partial charge in [0.05, 0.1) is 5.69 Å². The van der Waals surface area contributed by atoms with Crippen LogP contribution in [-0.2, 0) is 0 Å². The summed E-state index contributed by atoms with van der Waals surface area (Å²) in [5.41, 5.74) is 7.89. The molecule has 0 unspecified atom stereocenters. The molecular formula is C16H18N8. The molecule has 0 aliphatic carbocycles. The number of hydrogen-bond acceptors (Lipinski definition) is 7. The second-order valence-electron chi connectivity index (χ2n) is 5.75. The Balaban J connectivity index is 1.67. The van der Waals surface area contributed by atoms with Crippen LogP contribution in [0.25, 0.3) is 5.95 Å². The summed E-state index contributed by atoms with van der Waals surface area (Å²) in [6.45, 7) is 1.91. The van der Waals surface area contributed by atoms with Crippen LogP contribution in [0.5, 0.6) is 0 Å². The van der Waals surface area contributed by atoms with Gasteiger partial charge in [-0.2, -0.15) is 15.0 Å². The van der Waals surface area contributed by atoms with Crippen molar-refractivity contribution >= 4 is 17.6 Å². The van der Waals surface area contributed by atoms with E-state index in [9.17, 15) is 0 Å². The molecule has 3 aromatic rings. The predicted octanol–water partition coefficient (Wildman–Crippen LogP) is 1.09. The molecule has 1 aromatic carbocycles. The van der Waals surface area contributed by atoms with Crippen molar-refractivity contribution in [3.05, 3.63) is 48.5 Å². The van der Waals surface area contributed by atoms with Crippen molar-refractivity contribution in [2.75, 3.05) is 30.8 Å². The van der Waals surface area contributed by atoms with E-state index in [4.69, 9.17) is 5.73 Å². The van der Waals surface area contributed by atoms with Gasteiger partial charge in [-0.1, -0.05) is 18.2 Å². The number of anilines is 3. The molecule has 1 aliphatic heterocycles. The van der Waals surface area contributed by atoms with Crippen molar-refractivity contribution in [3.8, 4) is 5.95 Å². The van der Waals surface area contributed by atoms with E-state index in [-0.39, 0.29) is 5.95 Å². The van der Waals surface area contributed by atoms with Gasteiger partial charge in [-0.3, -0.25) is 4.57 Å². The van der Waals surface area contributed by atoms with Crippen molar-refractivity contribution in [3.63, 3.8) is 0 Å². The molecule has 122 valence electrons. The minimum Gasteiger partial charge on any atom is -0.368 e. The fraction of sp³-hybridized carbons (Fsp3) is 0.250. The van der Waals surface area contributed by atoms with E-state index in [0.29, 0.717) is 17.8 Å². The second kappa shape index (κ2) is 5.89. The first kappa shape index (κ1) is 14.6. The Morgan fingerprint density at radius 1 is 1.17 bits per heavy atom. The number of aromatic nitrogens is 5. The highest BCUT2D eigenvalue weighted by Crippen LogP contribution is 2.22. The van der Waals surface area contributed by atoms with Gasteiger partial charge in [0.15, 0.2) is 0 Å². The summed E-state index contributed by atoms with van der Waals surface area (Å²) < 4.78 is 1.79. The lowest BCUT2D eigenvalue weighted by atomic mass is 10.0. The minimum absolute atomic E-state index is 0.179. The van der Waals surface area contributed by atoms with E-state index < -0.39 is 0 Å². The van der Waals surface area contributed by atoms with Gasteiger partial charge in [0.1, 0.15) is 6.33 Å². The molecule has 0 spiro atoms. The zero-order valence-electron chi connectivity index (χ0n) is 13.3. The summed E-state index contributed by atoms with van der Waals surface area (Å²) in [6, 6.07) is 9.86. The molecule has 1 fully saturated rings. The molecule has 8 nitrogen and oxygen atoms in total. The summed E-state index contributed by atoms with van der Waals surface area (Å²) >= 11 is 0. The van der Waals surface area contributed by atoms with Crippen molar-refractivity contribution < 1.29 is 0 Å². The van der Waals surface area contributed by atoms with Gasteiger partial charge in [0, 0.05) is 37.9 Å². The number of para-hydroxylation sites is 1. The molecule has 24 heavy (non-hydrogen) atoms. The van der Waals surface area contributed by atoms with Gasteiger partial charge < -0.3 is 16.0 Å². The fourth-order valence-electron chi connectivity index (χ4n) is 2.56. The first-order chi connectivity index (χ1) is 11.7. The SMILES string of the molecule is CN(c1ccccc1)c1nc(N)nc(-n2cnc(C3CNC3)c2)n1. The van der Waals surface area contributed by atoms with Crippen LogP contribution in [0, 0.1) is 0 Å². The Labute approximate surface area is 139 Å². The molecular weight excluding hydrogens is 304 g/mol. The highest BCUT2D eigenvalue weighted by molar-refractivity contribution is 5.57. The highest BCUT2D eigenvalue weighted by Gasteiger charge is 2.22. The minimum atomic E-state index is 0.179. The van der Waals surface area contributed by atoms with Crippen molar-refractivity contribution in [2.24, 2.45) is 0 Å². The Morgan fingerprint density at radius 3 is 2.67 bits per heavy atom. The largest absolute Gasteiger partial charge is 0.368 e. The molecule has 8 heteroatoms. The van der Waals surface area contributed by atoms with E-state index >= 15 is 0 Å². The molecule has 4 rings (SSSR count). The first-order valence-electron chi connectivity index (χ1n) is 7.76. The second-order valence-corrected chi connectivity index (χ2v) is 5.75. The Kier molecular flexibility index (Phi) is 3.58. The van der Waals surface area contributed by atoms with Gasteiger partial charge in [-0.25, -0.2) is 4.98 Å². The maximum atomic E-state index is 5.88. The van der Waals surface area contributed by atoms with Crippen molar-refractivity contribution in [1.29, 1.82) is 0 Å². The fourth-order valence-corrected chi connectivity index (χ4v) is 2.56. The topological polar surface area (TPSA) is 97.8 Å². The quantitative estimate of drug-likeness (QED) is 0.742. The van der Waals surface area contributed by atoms with Crippen LogP contribution in [0.15, 0.2) is 42.9 Å². The third-order valence-electron chi connectivity index (χ3n) is 4.11. The zero-order valence-corrected chi connectivity index (χ0v) is 13.3. The lowest BCUT2D eigenvalue weighted by molar-refractivity contribution is 0.441. The van der Waals surface area contributed by atoms with Crippen LogP contribution < -0.4 is 16.0 Å². The lowest BCUT2D eigenvalue weighted by Crippen LogP contribution is -2.40. The Morgan fingerprint density at radius 2 is 1.96 bits per heavy atom. The number of nitrogens with one attached hydrogen (secondary N) is 1. The lowest BCUT2D eigenvalue weighted by Gasteiger charge is -2.24. The van der Waals surface area contributed by atoms with E-state index in [1.165, 1.54) is 0 Å². The number of hydrogen-bond donors (Lipinski definition) is 2. The molecule has 0 atom stereocenters. The molecule has 0 bridgehead atoms. The molecule has 0 radical (unpaired) electrons. The van der Waals surface area contributed by atoms with Crippen LogP contribution in [0.4, 0.5) is 17.6 Å². The Hall–Kier alpha value is -3.00. The van der Waals surface area contributed by atoms with Gasteiger partial charge >= 0.3 is 0 Å². The zero-order chi connectivity index (χ0) is 16.5. The summed E-state index contributed by atoms with van der Waals surface area (Å²) in [5.74, 6) is 1.59. The third kappa shape index (κ3) is 2.67. The van der Waals surface area contributed by atoms with E-state index in [2.05, 4.69) is 25.3 Å². The van der Waals surface area contributed by atoms with Crippen LogP contribution in [0.1, 0.15) is 11.6 Å². The van der Waals surface area contributed by atoms with Gasteiger partial charge in [-0.05, 0) is 12.1 Å². The molecule has 1 saturated heterocycles. The van der Waals surface area contributed by atoms with Gasteiger partial charge in [0.25, 0.3) is 0 Å². The summed E-state index contributed by atoms with van der Waals surface area (Å²) in [7, 11) is 1.90. The average molecular weight is 322 g/mol. The number of nitrogens with two attached hydrogens (primary N) is 1. The molecule has 0 amide bonds. The normalized spacial score (nSPS) is 14.4. The molecule has 3 N–H and O–H groups in total. The maximum absolute atomic E-state index is 5.88. The van der Waals surface area contributed by atoms with Gasteiger partial charge in [0.2, 0.25) is 17.8 Å². The van der Waals surface area contributed by atoms with Crippen LogP contribution in [-0.4, -0.2) is 44.6 Å². The summed E-state index contributed by atoms with van der Waals surface area (Å²) in [6.07, 6.45) is 3.67. The first-order valence-corrected chi connectivity index (χ1v) is 7.76. The number of rotatable bonds is 4. The number of nitrogens with zero attached hydrogens (tertiary/aromatic N) is 6. The maximum Gasteiger partial charge on any atom is 0.241 e.